The quantitative estimate of drug-likeness (QED) is 0.871. The summed E-state index contributed by atoms with van der Waals surface area (Å²) in [7, 11) is 2.09. The van der Waals surface area contributed by atoms with Crippen molar-refractivity contribution in [3.8, 4) is 5.75 Å². The second kappa shape index (κ2) is 5.61. The maximum atomic E-state index is 13.6. The molecule has 0 unspecified atom stereocenters. The molecule has 0 saturated heterocycles. The molecule has 0 saturated carbocycles. The van der Waals surface area contributed by atoms with Crippen molar-refractivity contribution in [2.24, 2.45) is 5.92 Å². The van der Waals surface area contributed by atoms with Crippen molar-refractivity contribution in [3.63, 3.8) is 0 Å². The summed E-state index contributed by atoms with van der Waals surface area (Å²) in [5.41, 5.74) is 1.51. The van der Waals surface area contributed by atoms with Crippen LogP contribution in [0.2, 0.25) is 0 Å². The minimum absolute atomic E-state index is 0.0265. The molecule has 0 spiro atoms. The van der Waals surface area contributed by atoms with Crippen molar-refractivity contribution < 1.29 is 9.50 Å². The third-order valence-electron chi connectivity index (χ3n) is 3.25. The molecule has 19 heavy (non-hydrogen) atoms. The van der Waals surface area contributed by atoms with E-state index in [0.29, 0.717) is 11.4 Å². The fourth-order valence-corrected chi connectivity index (χ4v) is 2.46. The summed E-state index contributed by atoms with van der Waals surface area (Å²) in [6.07, 6.45) is 2.67. The highest BCUT2D eigenvalue weighted by Gasteiger charge is 2.10. The molecule has 0 fully saturated rings. The number of benzene rings is 1. The summed E-state index contributed by atoms with van der Waals surface area (Å²) in [5, 5.41) is 10.3. The van der Waals surface area contributed by atoms with Crippen molar-refractivity contribution in [3.05, 3.63) is 29.7 Å². The van der Waals surface area contributed by atoms with Gasteiger partial charge in [0.2, 0.25) is 0 Å². The summed E-state index contributed by atoms with van der Waals surface area (Å²) in [6.45, 7) is 6.34. The average Bonchev–Trinajstić information content (AvgIpc) is 2.68. The number of fused-ring (bicyclic) bond motifs is 1. The Morgan fingerprint density at radius 3 is 2.79 bits per heavy atom. The number of aromatic amines is 1. The molecule has 2 rings (SSSR count). The van der Waals surface area contributed by atoms with E-state index in [4.69, 9.17) is 0 Å². The molecule has 0 amide bonds. The standard InChI is InChI=1S/C15H21FN2O/c1-10(2)9-18(3)5-4-11-8-17-15-13(11)6-12(19)7-14(15)16/h6-8,10,17,19H,4-5,9H2,1-3H3. The molecule has 0 atom stereocenters. The van der Waals surface area contributed by atoms with Crippen LogP contribution in [0.4, 0.5) is 4.39 Å². The lowest BCUT2D eigenvalue weighted by molar-refractivity contribution is 0.299. The van der Waals surface area contributed by atoms with Crippen LogP contribution in [-0.2, 0) is 6.42 Å². The van der Waals surface area contributed by atoms with E-state index in [-0.39, 0.29) is 5.75 Å². The van der Waals surface area contributed by atoms with E-state index in [1.807, 2.05) is 6.20 Å². The zero-order chi connectivity index (χ0) is 14.0. The van der Waals surface area contributed by atoms with Gasteiger partial charge in [0.15, 0.2) is 5.82 Å². The average molecular weight is 264 g/mol. The summed E-state index contributed by atoms with van der Waals surface area (Å²) in [6, 6.07) is 2.75. The van der Waals surface area contributed by atoms with Gasteiger partial charge in [-0.3, -0.25) is 0 Å². The van der Waals surface area contributed by atoms with E-state index in [1.54, 1.807) is 6.07 Å². The number of nitrogens with zero attached hydrogens (tertiary/aromatic N) is 1. The Balaban J connectivity index is 2.13. The fourth-order valence-electron chi connectivity index (χ4n) is 2.46. The molecule has 1 aromatic carbocycles. The molecule has 4 heteroatoms. The molecule has 2 aromatic rings. The first-order chi connectivity index (χ1) is 8.97. The van der Waals surface area contributed by atoms with E-state index in [9.17, 15) is 9.50 Å². The van der Waals surface area contributed by atoms with Crippen LogP contribution in [0.1, 0.15) is 19.4 Å². The van der Waals surface area contributed by atoms with Gasteiger partial charge < -0.3 is 15.0 Å². The number of aromatic nitrogens is 1. The highest BCUT2D eigenvalue weighted by molar-refractivity contribution is 5.85. The number of hydrogen-bond acceptors (Lipinski definition) is 2. The van der Waals surface area contributed by atoms with Crippen LogP contribution in [-0.4, -0.2) is 35.1 Å². The SMILES string of the molecule is CC(C)CN(C)CCc1c[nH]c2c(F)cc(O)cc12. The number of nitrogens with one attached hydrogen (secondary N) is 1. The Kier molecular flexibility index (Phi) is 4.10. The largest absolute Gasteiger partial charge is 0.508 e. The molecule has 2 N–H and O–H groups in total. The van der Waals surface area contributed by atoms with Crippen LogP contribution in [0.15, 0.2) is 18.3 Å². The van der Waals surface area contributed by atoms with E-state index in [1.165, 1.54) is 0 Å². The van der Waals surface area contributed by atoms with Gasteiger partial charge in [-0.25, -0.2) is 4.39 Å². The first-order valence-electron chi connectivity index (χ1n) is 6.64. The highest BCUT2D eigenvalue weighted by atomic mass is 19.1. The van der Waals surface area contributed by atoms with Crippen LogP contribution >= 0.6 is 0 Å². The molecule has 0 aliphatic carbocycles. The zero-order valence-electron chi connectivity index (χ0n) is 11.7. The Morgan fingerprint density at radius 1 is 1.37 bits per heavy atom. The number of rotatable bonds is 5. The van der Waals surface area contributed by atoms with Crippen molar-refractivity contribution in [2.45, 2.75) is 20.3 Å². The molecule has 1 heterocycles. The monoisotopic (exact) mass is 264 g/mol. The molecular formula is C15H21FN2O. The number of phenols is 1. The Morgan fingerprint density at radius 2 is 2.11 bits per heavy atom. The van der Waals surface area contributed by atoms with E-state index >= 15 is 0 Å². The maximum Gasteiger partial charge on any atom is 0.150 e. The van der Waals surface area contributed by atoms with Crippen molar-refractivity contribution in [2.75, 3.05) is 20.1 Å². The third kappa shape index (κ3) is 3.26. The van der Waals surface area contributed by atoms with Gasteiger partial charge in [0.05, 0.1) is 5.52 Å². The lowest BCUT2D eigenvalue weighted by Gasteiger charge is -2.18. The van der Waals surface area contributed by atoms with Crippen LogP contribution in [0.3, 0.4) is 0 Å². The summed E-state index contributed by atoms with van der Waals surface area (Å²) in [5.74, 6) is 0.202. The van der Waals surface area contributed by atoms with Gasteiger partial charge in [0.1, 0.15) is 5.75 Å². The van der Waals surface area contributed by atoms with E-state index < -0.39 is 5.82 Å². The topological polar surface area (TPSA) is 39.3 Å². The zero-order valence-corrected chi connectivity index (χ0v) is 11.7. The fraction of sp³-hybridized carbons (Fsp3) is 0.467. The Hall–Kier alpha value is -1.55. The van der Waals surface area contributed by atoms with Crippen LogP contribution in [0.25, 0.3) is 10.9 Å². The molecule has 104 valence electrons. The van der Waals surface area contributed by atoms with Gasteiger partial charge in [0, 0.05) is 30.7 Å². The first-order valence-corrected chi connectivity index (χ1v) is 6.64. The van der Waals surface area contributed by atoms with Gasteiger partial charge in [-0.2, -0.15) is 0 Å². The molecule has 0 radical (unpaired) electrons. The predicted molar refractivity (Wildman–Crippen MR) is 76.0 cm³/mol. The Bertz CT molecular complexity index is 563. The minimum Gasteiger partial charge on any atom is -0.508 e. The van der Waals surface area contributed by atoms with E-state index in [0.717, 1.165) is 36.5 Å². The minimum atomic E-state index is -0.406. The number of halogens is 1. The van der Waals surface area contributed by atoms with Gasteiger partial charge >= 0.3 is 0 Å². The number of phenolic OH excluding ortho intramolecular Hbond substituents is 1. The number of likely N-dealkylation sites (N-methyl/N-ethyl adjacent to an activating group) is 1. The summed E-state index contributed by atoms with van der Waals surface area (Å²) >= 11 is 0. The van der Waals surface area contributed by atoms with Gasteiger partial charge in [-0.15, -0.1) is 0 Å². The van der Waals surface area contributed by atoms with Crippen molar-refractivity contribution in [1.82, 2.24) is 9.88 Å². The summed E-state index contributed by atoms with van der Waals surface area (Å²) in [4.78, 5) is 5.21. The molecular weight excluding hydrogens is 243 g/mol. The number of H-pyrrole nitrogens is 1. The molecule has 3 nitrogen and oxygen atoms in total. The third-order valence-corrected chi connectivity index (χ3v) is 3.25. The smallest absolute Gasteiger partial charge is 0.150 e. The molecule has 0 aliphatic heterocycles. The first kappa shape index (κ1) is 13.9. The predicted octanol–water partition coefficient (Wildman–Crippen LogP) is 3.14. The summed E-state index contributed by atoms with van der Waals surface area (Å²) < 4.78 is 13.6. The van der Waals surface area contributed by atoms with Crippen LogP contribution in [0, 0.1) is 11.7 Å². The molecule has 0 bridgehead atoms. The second-order valence-corrected chi connectivity index (χ2v) is 5.57. The lowest BCUT2D eigenvalue weighted by atomic mass is 10.1. The van der Waals surface area contributed by atoms with Gasteiger partial charge in [-0.05, 0) is 31.0 Å². The van der Waals surface area contributed by atoms with E-state index in [2.05, 4.69) is 30.8 Å². The number of aromatic hydroxyl groups is 1. The maximum absolute atomic E-state index is 13.6. The second-order valence-electron chi connectivity index (χ2n) is 5.57. The van der Waals surface area contributed by atoms with Crippen molar-refractivity contribution in [1.29, 1.82) is 0 Å². The van der Waals surface area contributed by atoms with Gasteiger partial charge in [0.25, 0.3) is 0 Å². The highest BCUT2D eigenvalue weighted by Crippen LogP contribution is 2.26. The van der Waals surface area contributed by atoms with Gasteiger partial charge in [-0.1, -0.05) is 13.8 Å². The molecule has 1 aromatic heterocycles. The van der Waals surface area contributed by atoms with Crippen LogP contribution in [0.5, 0.6) is 5.75 Å². The van der Waals surface area contributed by atoms with Crippen LogP contribution < -0.4 is 0 Å². The lowest BCUT2D eigenvalue weighted by Crippen LogP contribution is -2.25. The Labute approximate surface area is 113 Å². The normalized spacial score (nSPS) is 11.9. The number of hydrogen-bond donors (Lipinski definition) is 2. The molecule has 0 aliphatic rings. The van der Waals surface area contributed by atoms with Crippen molar-refractivity contribution >= 4 is 10.9 Å².